The molecular formula is C12H8INO2. The van der Waals surface area contributed by atoms with Gasteiger partial charge in [-0.3, -0.25) is 10.1 Å². The van der Waals surface area contributed by atoms with Crippen LogP contribution in [0.5, 0.6) is 0 Å². The first-order valence-electron chi connectivity index (χ1n) is 4.67. The van der Waals surface area contributed by atoms with Crippen LogP contribution >= 0.6 is 22.6 Å². The van der Waals surface area contributed by atoms with Crippen LogP contribution in [0.25, 0.3) is 11.1 Å². The Balaban J connectivity index is 2.44. The van der Waals surface area contributed by atoms with Gasteiger partial charge in [-0.1, -0.05) is 24.3 Å². The first-order valence-corrected chi connectivity index (χ1v) is 5.75. The summed E-state index contributed by atoms with van der Waals surface area (Å²) in [6, 6.07) is 14.5. The maximum Gasteiger partial charge on any atom is 0.270 e. The summed E-state index contributed by atoms with van der Waals surface area (Å²) in [6.45, 7) is 0. The largest absolute Gasteiger partial charge is 0.270 e. The van der Waals surface area contributed by atoms with E-state index in [0.29, 0.717) is 0 Å². The molecule has 0 aliphatic rings. The van der Waals surface area contributed by atoms with Crippen LogP contribution in [0.2, 0.25) is 0 Å². The van der Waals surface area contributed by atoms with E-state index in [4.69, 9.17) is 0 Å². The highest BCUT2D eigenvalue weighted by Gasteiger charge is 2.06. The van der Waals surface area contributed by atoms with Crippen molar-refractivity contribution in [3.63, 3.8) is 0 Å². The van der Waals surface area contributed by atoms with Gasteiger partial charge in [0.2, 0.25) is 0 Å². The zero-order valence-electron chi connectivity index (χ0n) is 8.26. The molecule has 0 bridgehead atoms. The fourth-order valence-electron chi connectivity index (χ4n) is 1.44. The lowest BCUT2D eigenvalue weighted by Gasteiger charge is -2.01. The maximum atomic E-state index is 10.6. The molecule has 80 valence electrons. The van der Waals surface area contributed by atoms with Gasteiger partial charge in [0.05, 0.1) is 4.92 Å². The van der Waals surface area contributed by atoms with Crippen molar-refractivity contribution < 1.29 is 4.92 Å². The van der Waals surface area contributed by atoms with Crippen LogP contribution in [-0.2, 0) is 0 Å². The summed E-state index contributed by atoms with van der Waals surface area (Å²) in [6.07, 6.45) is 0. The van der Waals surface area contributed by atoms with Crippen LogP contribution in [0, 0.1) is 13.7 Å². The van der Waals surface area contributed by atoms with Crippen LogP contribution in [0.3, 0.4) is 0 Å². The molecule has 0 spiro atoms. The molecular weight excluding hydrogens is 317 g/mol. The Kier molecular flexibility index (Phi) is 3.19. The molecule has 16 heavy (non-hydrogen) atoms. The van der Waals surface area contributed by atoms with Gasteiger partial charge in [-0.2, -0.15) is 0 Å². The second-order valence-electron chi connectivity index (χ2n) is 3.31. The minimum absolute atomic E-state index is 0.121. The van der Waals surface area contributed by atoms with Crippen molar-refractivity contribution in [1.82, 2.24) is 0 Å². The summed E-state index contributed by atoms with van der Waals surface area (Å²) in [5.74, 6) is 0. The predicted octanol–water partition coefficient (Wildman–Crippen LogP) is 3.87. The predicted molar refractivity (Wildman–Crippen MR) is 71.2 cm³/mol. The Morgan fingerprint density at radius 3 is 2.31 bits per heavy atom. The average molecular weight is 325 g/mol. The Morgan fingerprint density at radius 1 is 1.00 bits per heavy atom. The summed E-state index contributed by atoms with van der Waals surface area (Å²) < 4.78 is 1.15. The van der Waals surface area contributed by atoms with E-state index in [2.05, 4.69) is 22.6 Å². The van der Waals surface area contributed by atoms with Gasteiger partial charge in [-0.25, -0.2) is 0 Å². The highest BCUT2D eigenvalue weighted by Crippen LogP contribution is 2.24. The van der Waals surface area contributed by atoms with E-state index < -0.39 is 0 Å². The molecule has 0 saturated carbocycles. The minimum atomic E-state index is -0.379. The average Bonchev–Trinajstić information content (AvgIpc) is 2.30. The molecule has 2 rings (SSSR count). The van der Waals surface area contributed by atoms with E-state index in [1.54, 1.807) is 12.1 Å². The summed E-state index contributed by atoms with van der Waals surface area (Å²) in [5.41, 5.74) is 1.98. The van der Waals surface area contributed by atoms with Crippen molar-refractivity contribution in [2.75, 3.05) is 0 Å². The third-order valence-corrected chi connectivity index (χ3v) is 2.95. The van der Waals surface area contributed by atoms with Gasteiger partial charge < -0.3 is 0 Å². The van der Waals surface area contributed by atoms with Crippen LogP contribution in [0.4, 0.5) is 5.69 Å². The topological polar surface area (TPSA) is 43.1 Å². The van der Waals surface area contributed by atoms with E-state index in [1.165, 1.54) is 6.07 Å². The van der Waals surface area contributed by atoms with Crippen molar-refractivity contribution in [3.05, 3.63) is 62.2 Å². The molecule has 3 nitrogen and oxygen atoms in total. The fraction of sp³-hybridized carbons (Fsp3) is 0. The number of hydrogen-bond acceptors (Lipinski definition) is 2. The number of hydrogen-bond donors (Lipinski definition) is 0. The molecule has 0 N–H and O–H groups in total. The first-order chi connectivity index (χ1) is 7.66. The monoisotopic (exact) mass is 325 g/mol. The Hall–Kier alpha value is -1.43. The molecule has 0 heterocycles. The molecule has 2 aromatic carbocycles. The molecule has 0 aromatic heterocycles. The smallest absolute Gasteiger partial charge is 0.258 e. The van der Waals surface area contributed by atoms with Crippen molar-refractivity contribution in [2.24, 2.45) is 0 Å². The van der Waals surface area contributed by atoms with E-state index in [-0.39, 0.29) is 10.6 Å². The first kappa shape index (κ1) is 11.1. The molecule has 0 unspecified atom stereocenters. The van der Waals surface area contributed by atoms with Gasteiger partial charge in [-0.15, -0.1) is 0 Å². The van der Waals surface area contributed by atoms with E-state index in [0.717, 1.165) is 14.7 Å². The molecule has 0 fully saturated rings. The summed E-state index contributed by atoms with van der Waals surface area (Å²) >= 11 is 2.22. The number of non-ortho nitro benzene ring substituents is 1. The van der Waals surface area contributed by atoms with Crippen LogP contribution < -0.4 is 0 Å². The number of nitro groups is 1. The maximum absolute atomic E-state index is 10.6. The molecule has 2 aromatic rings. The molecule has 0 saturated heterocycles. The second kappa shape index (κ2) is 4.61. The van der Waals surface area contributed by atoms with E-state index in [1.807, 2.05) is 30.3 Å². The third-order valence-electron chi connectivity index (χ3n) is 2.23. The normalized spacial score (nSPS) is 10.1. The summed E-state index contributed by atoms with van der Waals surface area (Å²) in [4.78, 5) is 10.3. The van der Waals surface area contributed by atoms with Crippen LogP contribution in [-0.4, -0.2) is 4.92 Å². The highest BCUT2D eigenvalue weighted by molar-refractivity contribution is 14.1. The Labute approximate surface area is 106 Å². The van der Waals surface area contributed by atoms with Crippen molar-refractivity contribution in [2.45, 2.75) is 0 Å². The molecule has 0 aliphatic heterocycles. The Bertz CT molecular complexity index is 523. The zero-order chi connectivity index (χ0) is 11.5. The summed E-state index contributed by atoms with van der Waals surface area (Å²) in [7, 11) is 0. The minimum Gasteiger partial charge on any atom is -0.258 e. The molecule has 4 heteroatoms. The van der Waals surface area contributed by atoms with Crippen LogP contribution in [0.15, 0.2) is 48.5 Å². The Morgan fingerprint density at radius 2 is 1.69 bits per heavy atom. The number of halogens is 1. The standard InChI is InChI=1S/C12H8INO2/c13-11-6-4-9(5-7-11)10-2-1-3-12(8-10)14(15)16/h1-8H. The number of nitrogens with zero attached hydrogens (tertiary/aromatic N) is 1. The lowest BCUT2D eigenvalue weighted by molar-refractivity contribution is -0.384. The van der Waals surface area contributed by atoms with Crippen molar-refractivity contribution in [1.29, 1.82) is 0 Å². The SMILES string of the molecule is O=[N+]([O-])c1cccc(-c2ccc(I)cc2)c1. The summed E-state index contributed by atoms with van der Waals surface area (Å²) in [5, 5.41) is 10.6. The molecule has 0 amide bonds. The number of benzene rings is 2. The van der Waals surface area contributed by atoms with E-state index in [9.17, 15) is 10.1 Å². The quantitative estimate of drug-likeness (QED) is 0.478. The highest BCUT2D eigenvalue weighted by atomic mass is 127. The molecule has 0 atom stereocenters. The van der Waals surface area contributed by atoms with E-state index >= 15 is 0 Å². The fourth-order valence-corrected chi connectivity index (χ4v) is 1.80. The van der Waals surface area contributed by atoms with Crippen molar-refractivity contribution in [3.8, 4) is 11.1 Å². The number of nitro benzene ring substituents is 1. The third kappa shape index (κ3) is 2.38. The van der Waals surface area contributed by atoms with Gasteiger partial charge in [0.1, 0.15) is 0 Å². The van der Waals surface area contributed by atoms with Gasteiger partial charge in [0, 0.05) is 15.7 Å². The lowest BCUT2D eigenvalue weighted by atomic mass is 10.1. The van der Waals surface area contributed by atoms with Gasteiger partial charge in [-0.05, 0) is 45.9 Å². The molecule has 0 radical (unpaired) electrons. The second-order valence-corrected chi connectivity index (χ2v) is 4.56. The van der Waals surface area contributed by atoms with Crippen molar-refractivity contribution >= 4 is 28.3 Å². The zero-order valence-corrected chi connectivity index (χ0v) is 10.4. The van der Waals surface area contributed by atoms with Gasteiger partial charge in [0.25, 0.3) is 5.69 Å². The molecule has 0 aliphatic carbocycles. The van der Waals surface area contributed by atoms with Gasteiger partial charge >= 0.3 is 0 Å². The number of rotatable bonds is 2. The van der Waals surface area contributed by atoms with Crippen LogP contribution in [0.1, 0.15) is 0 Å². The lowest BCUT2D eigenvalue weighted by Crippen LogP contribution is -1.87. The van der Waals surface area contributed by atoms with Gasteiger partial charge in [0.15, 0.2) is 0 Å².